The van der Waals surface area contributed by atoms with Gasteiger partial charge in [0.05, 0.1) is 0 Å². The van der Waals surface area contributed by atoms with Gasteiger partial charge in [-0.2, -0.15) is 0 Å². The second-order valence-electron chi connectivity index (χ2n) is 2.21. The first-order chi connectivity index (χ1) is 5.31. The highest BCUT2D eigenvalue weighted by Gasteiger charge is 1.98. The van der Waals surface area contributed by atoms with Crippen molar-refractivity contribution in [3.8, 4) is 0 Å². The van der Waals surface area contributed by atoms with Crippen LogP contribution in [0.15, 0.2) is 12.2 Å². The number of allylic oxidation sites excluding steroid dienone is 1. The van der Waals surface area contributed by atoms with E-state index in [1.54, 1.807) is 0 Å². The van der Waals surface area contributed by atoms with Gasteiger partial charge in [-0.1, -0.05) is 25.5 Å². The number of carbonyl (C=O) groups excluding carboxylic acids is 1. The Hall–Kier alpha value is -0.790. The van der Waals surface area contributed by atoms with Crippen LogP contribution in [0.5, 0.6) is 0 Å². The molecule has 2 heteroatoms. The van der Waals surface area contributed by atoms with E-state index >= 15 is 0 Å². The van der Waals surface area contributed by atoms with Crippen LogP contribution in [0, 0.1) is 6.92 Å². The highest BCUT2D eigenvalue weighted by atomic mass is 16.5. The fourth-order valence-electron chi connectivity index (χ4n) is 0.579. The normalized spacial score (nSPS) is 10.4. The molecule has 0 saturated carbocycles. The molecule has 63 valence electrons. The van der Waals surface area contributed by atoms with Crippen molar-refractivity contribution in [2.45, 2.75) is 26.2 Å². The lowest BCUT2D eigenvalue weighted by atomic mass is 10.2. The van der Waals surface area contributed by atoms with E-state index in [1.807, 2.05) is 19.1 Å². The first kappa shape index (κ1) is 10.2. The molecule has 0 aromatic heterocycles. The Kier molecular flexibility index (Phi) is 6.79. The van der Waals surface area contributed by atoms with Crippen LogP contribution in [0.4, 0.5) is 0 Å². The van der Waals surface area contributed by atoms with Crippen molar-refractivity contribution in [3.63, 3.8) is 0 Å². The molecule has 0 fully saturated rings. The number of hydrogen-bond donors (Lipinski definition) is 0. The number of ether oxygens (including phenoxy) is 1. The van der Waals surface area contributed by atoms with Crippen LogP contribution in [0.2, 0.25) is 0 Å². The number of esters is 1. The van der Waals surface area contributed by atoms with Crippen LogP contribution < -0.4 is 0 Å². The largest absolute Gasteiger partial charge is 0.461 e. The van der Waals surface area contributed by atoms with E-state index in [4.69, 9.17) is 4.74 Å². The number of hydrogen-bond acceptors (Lipinski definition) is 2. The molecule has 0 N–H and O–H groups in total. The number of rotatable bonds is 5. The minimum Gasteiger partial charge on any atom is -0.461 e. The third-order valence-corrected chi connectivity index (χ3v) is 1.21. The molecule has 11 heavy (non-hydrogen) atoms. The molecule has 0 atom stereocenters. The van der Waals surface area contributed by atoms with Crippen LogP contribution >= 0.6 is 0 Å². The fraction of sp³-hybridized carbons (Fsp3) is 0.556. The van der Waals surface area contributed by atoms with Crippen LogP contribution in [-0.2, 0) is 9.53 Å². The Morgan fingerprint density at radius 2 is 2.36 bits per heavy atom. The SMILES string of the molecule is [CH2]CCCC(=O)OC/C=C/C. The molecule has 0 spiro atoms. The van der Waals surface area contributed by atoms with Crippen molar-refractivity contribution in [3.05, 3.63) is 19.1 Å². The minimum atomic E-state index is -0.133. The van der Waals surface area contributed by atoms with Crippen molar-refractivity contribution in [2.75, 3.05) is 6.61 Å². The lowest BCUT2D eigenvalue weighted by Crippen LogP contribution is -2.03. The first-order valence-corrected chi connectivity index (χ1v) is 3.87. The Morgan fingerprint density at radius 1 is 1.64 bits per heavy atom. The van der Waals surface area contributed by atoms with Gasteiger partial charge in [-0.15, -0.1) is 0 Å². The van der Waals surface area contributed by atoms with Crippen LogP contribution in [-0.4, -0.2) is 12.6 Å². The molecule has 0 amide bonds. The quantitative estimate of drug-likeness (QED) is 0.449. The highest BCUT2D eigenvalue weighted by molar-refractivity contribution is 5.69. The van der Waals surface area contributed by atoms with Gasteiger partial charge < -0.3 is 4.74 Å². The van der Waals surface area contributed by atoms with E-state index in [-0.39, 0.29) is 5.97 Å². The molecule has 2 nitrogen and oxygen atoms in total. The second-order valence-corrected chi connectivity index (χ2v) is 2.21. The van der Waals surface area contributed by atoms with E-state index < -0.39 is 0 Å². The summed E-state index contributed by atoms with van der Waals surface area (Å²) in [6.07, 6.45) is 5.76. The Morgan fingerprint density at radius 3 is 2.91 bits per heavy atom. The van der Waals surface area contributed by atoms with Gasteiger partial charge in [0, 0.05) is 6.42 Å². The van der Waals surface area contributed by atoms with E-state index in [1.165, 1.54) is 0 Å². The average Bonchev–Trinajstić information content (AvgIpc) is 2.01. The summed E-state index contributed by atoms with van der Waals surface area (Å²) in [4.78, 5) is 10.8. The first-order valence-electron chi connectivity index (χ1n) is 3.87. The summed E-state index contributed by atoms with van der Waals surface area (Å²) in [7, 11) is 0. The molecule has 0 rings (SSSR count). The van der Waals surface area contributed by atoms with Crippen molar-refractivity contribution in [2.24, 2.45) is 0 Å². The van der Waals surface area contributed by atoms with Crippen molar-refractivity contribution >= 4 is 5.97 Å². The maximum Gasteiger partial charge on any atom is 0.306 e. The van der Waals surface area contributed by atoms with Crippen LogP contribution in [0.3, 0.4) is 0 Å². The smallest absolute Gasteiger partial charge is 0.306 e. The molecule has 0 aliphatic heterocycles. The molecule has 0 heterocycles. The average molecular weight is 155 g/mol. The summed E-state index contributed by atoms with van der Waals surface area (Å²) in [5.41, 5.74) is 0. The monoisotopic (exact) mass is 155 g/mol. The van der Waals surface area contributed by atoms with Crippen molar-refractivity contribution in [1.82, 2.24) is 0 Å². The van der Waals surface area contributed by atoms with Gasteiger partial charge in [0.15, 0.2) is 0 Å². The summed E-state index contributed by atoms with van der Waals surface area (Å²) >= 11 is 0. The third-order valence-electron chi connectivity index (χ3n) is 1.21. The van der Waals surface area contributed by atoms with E-state index in [0.717, 1.165) is 12.8 Å². The zero-order chi connectivity index (χ0) is 8.53. The number of carbonyl (C=O) groups is 1. The Labute approximate surface area is 68.2 Å². The minimum absolute atomic E-state index is 0.133. The van der Waals surface area contributed by atoms with Gasteiger partial charge in [-0.3, -0.25) is 4.79 Å². The molecule has 0 aliphatic rings. The molecule has 0 bridgehead atoms. The van der Waals surface area contributed by atoms with Crippen LogP contribution in [0.25, 0.3) is 0 Å². The predicted molar refractivity (Wildman–Crippen MR) is 45.0 cm³/mol. The van der Waals surface area contributed by atoms with Crippen LogP contribution in [0.1, 0.15) is 26.2 Å². The highest BCUT2D eigenvalue weighted by Crippen LogP contribution is 1.95. The van der Waals surface area contributed by atoms with Gasteiger partial charge in [-0.05, 0) is 13.3 Å². The number of unbranched alkanes of at least 4 members (excludes halogenated alkanes) is 1. The van der Waals surface area contributed by atoms with Crippen molar-refractivity contribution < 1.29 is 9.53 Å². The maximum absolute atomic E-state index is 10.8. The summed E-state index contributed by atoms with van der Waals surface area (Å²) in [6.45, 7) is 5.92. The zero-order valence-electron chi connectivity index (χ0n) is 7.01. The zero-order valence-corrected chi connectivity index (χ0v) is 7.01. The van der Waals surface area contributed by atoms with E-state index in [2.05, 4.69) is 6.92 Å². The van der Waals surface area contributed by atoms with Gasteiger partial charge in [0.1, 0.15) is 6.61 Å². The summed E-state index contributed by atoms with van der Waals surface area (Å²) in [6, 6.07) is 0. The van der Waals surface area contributed by atoms with Gasteiger partial charge in [-0.25, -0.2) is 0 Å². The van der Waals surface area contributed by atoms with Gasteiger partial charge in [0.25, 0.3) is 0 Å². The maximum atomic E-state index is 10.8. The van der Waals surface area contributed by atoms with Gasteiger partial charge >= 0.3 is 5.97 Å². The molecule has 0 aromatic carbocycles. The van der Waals surface area contributed by atoms with E-state index in [9.17, 15) is 4.79 Å². The Balaban J connectivity index is 3.22. The molecular formula is C9H15O2. The topological polar surface area (TPSA) is 26.3 Å². The Bertz CT molecular complexity index is 128. The lowest BCUT2D eigenvalue weighted by molar-refractivity contribution is -0.142. The molecule has 0 saturated heterocycles. The fourth-order valence-corrected chi connectivity index (χ4v) is 0.579. The van der Waals surface area contributed by atoms with E-state index in [0.29, 0.717) is 13.0 Å². The standard InChI is InChI=1S/C9H15O2/c1-3-5-7-9(10)11-8-6-4-2/h4,6H,1,3,5,7-8H2,2H3/b6-4+. The molecule has 0 aromatic rings. The summed E-state index contributed by atoms with van der Waals surface area (Å²) < 4.78 is 4.83. The lowest BCUT2D eigenvalue weighted by Gasteiger charge is -1.99. The molecule has 0 aliphatic carbocycles. The van der Waals surface area contributed by atoms with Gasteiger partial charge in [0.2, 0.25) is 0 Å². The predicted octanol–water partition coefficient (Wildman–Crippen LogP) is 2.11. The molecule has 0 unspecified atom stereocenters. The molecular weight excluding hydrogens is 140 g/mol. The third kappa shape index (κ3) is 7.10. The summed E-state index contributed by atoms with van der Waals surface area (Å²) in [5.74, 6) is -0.133. The molecule has 1 radical (unpaired) electrons. The summed E-state index contributed by atoms with van der Waals surface area (Å²) in [5, 5.41) is 0. The second kappa shape index (κ2) is 7.32. The van der Waals surface area contributed by atoms with Crippen molar-refractivity contribution in [1.29, 1.82) is 0 Å².